The molecule has 0 atom stereocenters. The molecule has 140 valence electrons. The van der Waals surface area contributed by atoms with E-state index in [-0.39, 0.29) is 23.7 Å². The highest BCUT2D eigenvalue weighted by atomic mass is 32.2. The maximum Gasteiger partial charge on any atom is 0.325 e. The molecule has 1 aromatic heterocycles. The smallest absolute Gasteiger partial charge is 0.325 e. The van der Waals surface area contributed by atoms with Gasteiger partial charge in [0.2, 0.25) is 0 Å². The van der Waals surface area contributed by atoms with E-state index >= 15 is 0 Å². The number of aromatic nitrogens is 1. The molecular formula is C21H16N2O4S. The van der Waals surface area contributed by atoms with Crippen LogP contribution in [0.25, 0.3) is 17.0 Å². The van der Waals surface area contributed by atoms with E-state index in [2.05, 4.69) is 0 Å². The van der Waals surface area contributed by atoms with Crippen LogP contribution < -0.4 is 4.90 Å². The van der Waals surface area contributed by atoms with Crippen LogP contribution in [0.1, 0.15) is 5.56 Å². The van der Waals surface area contributed by atoms with Crippen molar-refractivity contribution in [3.63, 3.8) is 0 Å². The van der Waals surface area contributed by atoms with Crippen LogP contribution in [-0.2, 0) is 20.9 Å². The average molecular weight is 392 g/mol. The number of hydrogen-bond acceptors (Lipinski definition) is 5. The first-order valence-electron chi connectivity index (χ1n) is 8.56. The molecule has 28 heavy (non-hydrogen) atoms. The third-order valence-corrected chi connectivity index (χ3v) is 5.31. The van der Waals surface area contributed by atoms with E-state index < -0.39 is 0 Å². The minimum absolute atomic E-state index is 0.0658. The van der Waals surface area contributed by atoms with Crippen LogP contribution in [0.2, 0.25) is 0 Å². The summed E-state index contributed by atoms with van der Waals surface area (Å²) in [5.41, 5.74) is 2.15. The van der Waals surface area contributed by atoms with Gasteiger partial charge in [-0.2, -0.15) is 0 Å². The summed E-state index contributed by atoms with van der Waals surface area (Å²) < 4.78 is 6.53. The Morgan fingerprint density at radius 2 is 1.79 bits per heavy atom. The van der Waals surface area contributed by atoms with E-state index in [9.17, 15) is 14.4 Å². The van der Waals surface area contributed by atoms with Gasteiger partial charge in [0.05, 0.1) is 17.7 Å². The second kappa shape index (κ2) is 7.36. The number of hydrogen-bond donors (Lipinski definition) is 0. The number of imide groups is 1. The Morgan fingerprint density at radius 3 is 2.54 bits per heavy atom. The minimum Gasteiger partial charge on any atom is -0.468 e. The number of anilines is 1. The van der Waals surface area contributed by atoms with Crippen molar-refractivity contribution >= 4 is 51.5 Å². The van der Waals surface area contributed by atoms with Gasteiger partial charge in [-0.15, -0.1) is 0 Å². The molecule has 0 N–H and O–H groups in total. The SMILES string of the molecule is COC(=O)Cn1cc(/C=C2\SC(=O)N(c3ccccc3)C2=O)c2ccccc21. The summed E-state index contributed by atoms with van der Waals surface area (Å²) in [5, 5.41) is 0.554. The van der Waals surface area contributed by atoms with Crippen molar-refractivity contribution in [3.05, 3.63) is 71.3 Å². The quantitative estimate of drug-likeness (QED) is 0.495. The van der Waals surface area contributed by atoms with Gasteiger partial charge in [-0.05, 0) is 36.0 Å². The average Bonchev–Trinajstić information content (AvgIpc) is 3.19. The molecule has 1 aliphatic heterocycles. The number of amides is 2. The number of para-hydroxylation sites is 2. The summed E-state index contributed by atoms with van der Waals surface area (Å²) in [6.45, 7) is 0.0658. The summed E-state index contributed by atoms with van der Waals surface area (Å²) in [6.07, 6.45) is 3.49. The van der Waals surface area contributed by atoms with Gasteiger partial charge in [0.25, 0.3) is 11.1 Å². The van der Waals surface area contributed by atoms with Crippen molar-refractivity contribution < 1.29 is 19.1 Å². The fourth-order valence-electron chi connectivity index (χ4n) is 3.13. The fourth-order valence-corrected chi connectivity index (χ4v) is 3.97. The third kappa shape index (κ3) is 3.20. The van der Waals surface area contributed by atoms with Crippen LogP contribution in [-0.4, -0.2) is 28.8 Å². The highest BCUT2D eigenvalue weighted by Crippen LogP contribution is 2.36. The first-order valence-corrected chi connectivity index (χ1v) is 9.38. The Kier molecular flexibility index (Phi) is 4.75. The number of esters is 1. The lowest BCUT2D eigenvalue weighted by Crippen LogP contribution is -2.27. The predicted octanol–water partition coefficient (Wildman–Crippen LogP) is 4.06. The predicted molar refractivity (Wildman–Crippen MR) is 109 cm³/mol. The molecule has 6 nitrogen and oxygen atoms in total. The molecule has 3 aromatic rings. The maximum absolute atomic E-state index is 12.8. The van der Waals surface area contributed by atoms with Crippen molar-refractivity contribution in [2.75, 3.05) is 12.0 Å². The van der Waals surface area contributed by atoms with E-state index in [4.69, 9.17) is 4.74 Å². The van der Waals surface area contributed by atoms with E-state index in [1.54, 1.807) is 41.1 Å². The molecule has 0 aliphatic carbocycles. The lowest BCUT2D eigenvalue weighted by Gasteiger charge is -2.11. The molecule has 1 fully saturated rings. The van der Waals surface area contributed by atoms with Crippen molar-refractivity contribution in [3.8, 4) is 0 Å². The lowest BCUT2D eigenvalue weighted by molar-refractivity contribution is -0.141. The van der Waals surface area contributed by atoms with Gasteiger partial charge < -0.3 is 9.30 Å². The van der Waals surface area contributed by atoms with Crippen molar-refractivity contribution in [1.82, 2.24) is 4.57 Å². The Balaban J connectivity index is 1.73. The zero-order chi connectivity index (χ0) is 19.7. The topological polar surface area (TPSA) is 68.6 Å². The Hall–Kier alpha value is -3.32. The number of methoxy groups -OCH3 is 1. The van der Waals surface area contributed by atoms with Gasteiger partial charge in [-0.1, -0.05) is 36.4 Å². The van der Waals surface area contributed by atoms with Gasteiger partial charge in [0.1, 0.15) is 6.54 Å². The van der Waals surface area contributed by atoms with Crippen molar-refractivity contribution in [1.29, 1.82) is 0 Å². The van der Waals surface area contributed by atoms with E-state index in [0.717, 1.165) is 28.2 Å². The molecule has 0 spiro atoms. The molecule has 2 heterocycles. The van der Waals surface area contributed by atoms with Crippen LogP contribution in [0.4, 0.5) is 10.5 Å². The number of ether oxygens (including phenoxy) is 1. The molecular weight excluding hydrogens is 376 g/mol. The highest BCUT2D eigenvalue weighted by Gasteiger charge is 2.36. The molecule has 2 amide bonds. The minimum atomic E-state index is -0.364. The van der Waals surface area contributed by atoms with Crippen LogP contribution in [0.15, 0.2) is 65.7 Å². The summed E-state index contributed by atoms with van der Waals surface area (Å²) >= 11 is 0.905. The van der Waals surface area contributed by atoms with Crippen LogP contribution in [0.3, 0.4) is 0 Å². The fraction of sp³-hybridized carbons (Fsp3) is 0.0952. The van der Waals surface area contributed by atoms with Crippen LogP contribution >= 0.6 is 11.8 Å². The largest absolute Gasteiger partial charge is 0.468 e. The number of rotatable bonds is 4. The second-order valence-electron chi connectivity index (χ2n) is 6.16. The number of fused-ring (bicyclic) bond motifs is 1. The normalized spacial score (nSPS) is 15.6. The van der Waals surface area contributed by atoms with Gasteiger partial charge in [0, 0.05) is 22.7 Å². The monoisotopic (exact) mass is 392 g/mol. The zero-order valence-corrected chi connectivity index (χ0v) is 15.8. The molecule has 0 unspecified atom stereocenters. The molecule has 2 aromatic carbocycles. The molecule has 0 saturated carbocycles. The zero-order valence-electron chi connectivity index (χ0n) is 15.0. The number of benzene rings is 2. The van der Waals surface area contributed by atoms with Gasteiger partial charge in [0.15, 0.2) is 0 Å². The highest BCUT2D eigenvalue weighted by molar-refractivity contribution is 8.19. The van der Waals surface area contributed by atoms with Crippen LogP contribution in [0.5, 0.6) is 0 Å². The number of carbonyl (C=O) groups excluding carboxylic acids is 3. The standard InChI is InChI=1S/C21H16N2O4S/c1-27-19(24)13-22-12-14(16-9-5-6-10-17(16)22)11-18-20(25)23(21(26)28-18)15-7-3-2-4-8-15/h2-12H,13H2,1H3/b18-11-. The maximum atomic E-state index is 12.8. The first-order chi connectivity index (χ1) is 13.6. The van der Waals surface area contributed by atoms with E-state index in [1.165, 1.54) is 12.0 Å². The number of nitrogens with zero attached hydrogens (tertiary/aromatic N) is 2. The lowest BCUT2D eigenvalue weighted by atomic mass is 10.1. The van der Waals surface area contributed by atoms with Gasteiger partial charge in [-0.3, -0.25) is 14.4 Å². The first kappa shape index (κ1) is 18.1. The van der Waals surface area contributed by atoms with Crippen LogP contribution in [0, 0.1) is 0 Å². The Labute approximate surface area is 165 Å². The molecule has 4 rings (SSSR count). The molecule has 0 bridgehead atoms. The third-order valence-electron chi connectivity index (χ3n) is 4.44. The van der Waals surface area contributed by atoms with Gasteiger partial charge >= 0.3 is 5.97 Å². The van der Waals surface area contributed by atoms with E-state index in [0.29, 0.717) is 10.6 Å². The molecule has 1 saturated heterocycles. The van der Waals surface area contributed by atoms with Crippen molar-refractivity contribution in [2.24, 2.45) is 0 Å². The number of thioether (sulfide) groups is 1. The number of carbonyl (C=O) groups is 3. The molecule has 0 radical (unpaired) electrons. The summed E-state index contributed by atoms with van der Waals surface area (Å²) in [4.78, 5) is 38.4. The van der Waals surface area contributed by atoms with E-state index in [1.807, 2.05) is 30.3 Å². The molecule has 7 heteroatoms. The second-order valence-corrected chi connectivity index (χ2v) is 7.15. The summed E-state index contributed by atoms with van der Waals surface area (Å²) in [5.74, 6) is -0.720. The Morgan fingerprint density at radius 1 is 1.07 bits per heavy atom. The summed E-state index contributed by atoms with van der Waals surface area (Å²) in [6, 6.07) is 16.4. The van der Waals surface area contributed by atoms with Crippen molar-refractivity contribution in [2.45, 2.75) is 6.54 Å². The Bertz CT molecular complexity index is 1120. The molecule has 1 aliphatic rings. The summed E-state index contributed by atoms with van der Waals surface area (Å²) in [7, 11) is 1.34. The van der Waals surface area contributed by atoms with Gasteiger partial charge in [-0.25, -0.2) is 4.90 Å².